The van der Waals surface area contributed by atoms with E-state index in [0.29, 0.717) is 10.2 Å². The summed E-state index contributed by atoms with van der Waals surface area (Å²) in [6, 6.07) is 6.83. The average Bonchev–Trinajstić information content (AvgIpc) is 2.91. The molecule has 2 saturated heterocycles. The van der Waals surface area contributed by atoms with Gasteiger partial charge in [-0.05, 0) is 24.3 Å². The van der Waals surface area contributed by atoms with Crippen LogP contribution in [0.15, 0.2) is 29.3 Å². The lowest BCUT2D eigenvalue weighted by Gasteiger charge is -2.24. The number of anilines is 1. The van der Waals surface area contributed by atoms with Crippen LogP contribution in [0.3, 0.4) is 0 Å². The molecule has 1 aromatic carbocycles. The molecule has 2 atom stereocenters. The lowest BCUT2D eigenvalue weighted by atomic mass is 10.2. The van der Waals surface area contributed by atoms with Gasteiger partial charge in [-0.25, -0.2) is 8.42 Å². The van der Waals surface area contributed by atoms with E-state index < -0.39 is 15.7 Å². The van der Waals surface area contributed by atoms with Gasteiger partial charge in [-0.2, -0.15) is 4.99 Å². The minimum absolute atomic E-state index is 0.0603. The van der Waals surface area contributed by atoms with E-state index >= 15 is 0 Å². The number of halogens is 1. The molecule has 0 N–H and O–H groups in total. The largest absolute Gasteiger partial charge is 0.375 e. The van der Waals surface area contributed by atoms with E-state index in [2.05, 4.69) is 4.99 Å². The van der Waals surface area contributed by atoms with E-state index in [9.17, 15) is 13.2 Å². The van der Waals surface area contributed by atoms with Crippen molar-refractivity contribution in [2.75, 3.05) is 30.1 Å². The molecule has 0 saturated carbocycles. The van der Waals surface area contributed by atoms with Crippen LogP contribution in [-0.4, -0.2) is 56.0 Å². The highest BCUT2D eigenvalue weighted by Crippen LogP contribution is 2.41. The number of aliphatic imine (C=N–C) groups is 1. The van der Waals surface area contributed by atoms with Crippen molar-refractivity contribution < 1.29 is 17.9 Å². The van der Waals surface area contributed by atoms with Crippen molar-refractivity contribution in [2.45, 2.75) is 11.3 Å². The Bertz CT molecular complexity index is 749. The van der Waals surface area contributed by atoms with Crippen LogP contribution < -0.4 is 4.90 Å². The fraction of sp³-hybridized carbons (Fsp3) is 0.429. The molecule has 0 bridgehead atoms. The summed E-state index contributed by atoms with van der Waals surface area (Å²) in [5.41, 5.74) is 0.774. The first-order valence-corrected chi connectivity index (χ1v) is 10.00. The van der Waals surface area contributed by atoms with E-state index in [1.807, 2.05) is 4.90 Å². The number of hydrogen-bond donors (Lipinski definition) is 0. The molecule has 3 rings (SSSR count). The Morgan fingerprint density at radius 1 is 1.39 bits per heavy atom. The first-order chi connectivity index (χ1) is 10.9. The van der Waals surface area contributed by atoms with Gasteiger partial charge in [0.2, 0.25) is 0 Å². The summed E-state index contributed by atoms with van der Waals surface area (Å²) in [4.78, 5) is 17.7. The molecule has 0 radical (unpaired) electrons. The highest BCUT2D eigenvalue weighted by Gasteiger charge is 2.49. The second kappa shape index (κ2) is 6.43. The quantitative estimate of drug-likeness (QED) is 0.799. The van der Waals surface area contributed by atoms with Crippen LogP contribution in [0.2, 0.25) is 5.02 Å². The smallest absolute Gasteiger partial charge is 0.274 e. The number of hydrogen-bond acceptors (Lipinski definition) is 5. The lowest BCUT2D eigenvalue weighted by molar-refractivity contribution is -0.121. The van der Waals surface area contributed by atoms with E-state index in [1.165, 1.54) is 18.9 Å². The summed E-state index contributed by atoms with van der Waals surface area (Å²) in [6.07, 6.45) is 0. The summed E-state index contributed by atoms with van der Waals surface area (Å²) < 4.78 is 28.6. The van der Waals surface area contributed by atoms with Crippen molar-refractivity contribution in [3.8, 4) is 0 Å². The van der Waals surface area contributed by atoms with E-state index in [4.69, 9.17) is 16.3 Å². The summed E-state index contributed by atoms with van der Waals surface area (Å²) in [5, 5.41) is 0.981. The number of thioether (sulfide) groups is 1. The standard InChI is InChI=1S/C14H15ClN2O4S2/c1-21-6-13(18)16-14-17(10-4-2-9(15)3-5-10)11-7-23(19,20)8-12(11)22-14/h2-5,11-12H,6-8H2,1H3/t11-,12+/m1/s1. The Labute approximate surface area is 143 Å². The van der Waals surface area contributed by atoms with E-state index in [1.54, 1.807) is 24.3 Å². The summed E-state index contributed by atoms with van der Waals surface area (Å²) in [5.74, 6) is -0.230. The molecule has 124 valence electrons. The van der Waals surface area contributed by atoms with Gasteiger partial charge in [0.15, 0.2) is 15.0 Å². The number of carbonyl (C=O) groups excluding carboxylic acids is 1. The number of fused-ring (bicyclic) bond motifs is 1. The zero-order chi connectivity index (χ0) is 16.6. The molecule has 0 unspecified atom stereocenters. The van der Waals surface area contributed by atoms with Crippen molar-refractivity contribution in [3.05, 3.63) is 29.3 Å². The molecule has 23 heavy (non-hydrogen) atoms. The second-order valence-corrected chi connectivity index (χ2v) is 9.16. The summed E-state index contributed by atoms with van der Waals surface area (Å²) in [7, 11) is -1.64. The molecule has 1 amide bonds. The zero-order valence-electron chi connectivity index (χ0n) is 12.3. The maximum atomic E-state index is 11.9. The van der Waals surface area contributed by atoms with Gasteiger partial charge in [0.05, 0.1) is 17.5 Å². The maximum Gasteiger partial charge on any atom is 0.274 e. The molecule has 2 aliphatic heterocycles. The van der Waals surface area contributed by atoms with Gasteiger partial charge in [-0.1, -0.05) is 23.4 Å². The number of amides is 1. The number of sulfone groups is 1. The van der Waals surface area contributed by atoms with Crippen molar-refractivity contribution in [3.63, 3.8) is 0 Å². The third kappa shape index (κ3) is 3.55. The van der Waals surface area contributed by atoms with Crippen molar-refractivity contribution >= 4 is 50.0 Å². The van der Waals surface area contributed by atoms with Gasteiger partial charge >= 0.3 is 0 Å². The number of carbonyl (C=O) groups is 1. The van der Waals surface area contributed by atoms with E-state index in [0.717, 1.165) is 5.69 Å². The highest BCUT2D eigenvalue weighted by molar-refractivity contribution is 8.16. The Morgan fingerprint density at radius 2 is 2.09 bits per heavy atom. The number of methoxy groups -OCH3 is 1. The van der Waals surface area contributed by atoms with Crippen LogP contribution in [0.25, 0.3) is 0 Å². The second-order valence-electron chi connectivity index (χ2n) is 5.37. The molecule has 2 heterocycles. The van der Waals surface area contributed by atoms with Gasteiger partial charge in [-0.15, -0.1) is 0 Å². The SMILES string of the molecule is COCC(=O)N=C1S[C@H]2CS(=O)(=O)C[C@H]2N1c1ccc(Cl)cc1. The molecule has 1 aromatic rings. The fourth-order valence-electron chi connectivity index (χ4n) is 2.73. The average molecular weight is 375 g/mol. The van der Waals surface area contributed by atoms with Crippen molar-refractivity contribution in [1.82, 2.24) is 0 Å². The minimum atomic E-state index is -3.07. The molecule has 6 nitrogen and oxygen atoms in total. The number of benzene rings is 1. The number of amidine groups is 1. The van der Waals surface area contributed by atoms with Gasteiger partial charge < -0.3 is 9.64 Å². The predicted octanol–water partition coefficient (Wildman–Crippen LogP) is 1.59. The molecular formula is C14H15ClN2O4S2. The molecule has 2 fully saturated rings. The minimum Gasteiger partial charge on any atom is -0.375 e. The first kappa shape index (κ1) is 16.8. The van der Waals surface area contributed by atoms with Crippen LogP contribution >= 0.6 is 23.4 Å². The van der Waals surface area contributed by atoms with Crippen LogP contribution in [0, 0.1) is 0 Å². The normalized spacial score (nSPS) is 27.4. The van der Waals surface area contributed by atoms with Crippen LogP contribution in [0.1, 0.15) is 0 Å². The van der Waals surface area contributed by atoms with Crippen LogP contribution in [0.4, 0.5) is 5.69 Å². The third-order valence-corrected chi connectivity index (χ3v) is 7.12. The number of nitrogens with zero attached hydrogens (tertiary/aromatic N) is 2. The lowest BCUT2D eigenvalue weighted by Crippen LogP contribution is -2.37. The van der Waals surface area contributed by atoms with Crippen molar-refractivity contribution in [2.24, 2.45) is 4.99 Å². The first-order valence-electron chi connectivity index (χ1n) is 6.92. The van der Waals surface area contributed by atoms with Crippen molar-refractivity contribution in [1.29, 1.82) is 0 Å². The Hall–Kier alpha value is -1.09. The molecule has 0 aliphatic carbocycles. The summed E-state index contributed by atoms with van der Waals surface area (Å²) in [6.45, 7) is -0.105. The molecule has 9 heteroatoms. The highest BCUT2D eigenvalue weighted by atomic mass is 35.5. The maximum absolute atomic E-state index is 11.9. The fourth-order valence-corrected chi connectivity index (χ4v) is 6.79. The van der Waals surface area contributed by atoms with Gasteiger partial charge in [0.25, 0.3) is 5.91 Å². The van der Waals surface area contributed by atoms with Gasteiger partial charge in [0.1, 0.15) is 6.61 Å². The Morgan fingerprint density at radius 3 is 2.74 bits per heavy atom. The van der Waals surface area contributed by atoms with E-state index in [-0.39, 0.29) is 29.4 Å². The molecule has 0 aromatic heterocycles. The van der Waals surface area contributed by atoms with Gasteiger partial charge in [0, 0.05) is 23.1 Å². The zero-order valence-corrected chi connectivity index (χ0v) is 14.7. The molecule has 2 aliphatic rings. The monoisotopic (exact) mass is 374 g/mol. The molecular weight excluding hydrogens is 360 g/mol. The predicted molar refractivity (Wildman–Crippen MR) is 92.1 cm³/mol. The Balaban J connectivity index is 1.97. The number of rotatable bonds is 3. The summed E-state index contributed by atoms with van der Waals surface area (Å²) >= 11 is 7.25. The number of ether oxygens (including phenoxy) is 1. The topological polar surface area (TPSA) is 76.0 Å². The van der Waals surface area contributed by atoms with Crippen LogP contribution in [0.5, 0.6) is 0 Å². The Kier molecular flexibility index (Phi) is 4.68. The third-order valence-electron chi connectivity index (χ3n) is 3.66. The van der Waals surface area contributed by atoms with Crippen LogP contribution in [-0.2, 0) is 19.4 Å². The molecule has 0 spiro atoms. The van der Waals surface area contributed by atoms with Gasteiger partial charge in [-0.3, -0.25) is 4.79 Å².